The molecule has 2 aromatic carbocycles. The van der Waals surface area contributed by atoms with Crippen molar-refractivity contribution < 1.29 is 26.4 Å². The van der Waals surface area contributed by atoms with E-state index in [9.17, 15) is 21.6 Å². The molecule has 0 bridgehead atoms. The van der Waals surface area contributed by atoms with Gasteiger partial charge in [0.15, 0.2) is 23.8 Å². The number of esters is 1. The van der Waals surface area contributed by atoms with Crippen LogP contribution in [0.1, 0.15) is 30.9 Å². The lowest BCUT2D eigenvalue weighted by molar-refractivity contribution is -0.139. The van der Waals surface area contributed by atoms with E-state index in [1.807, 2.05) is 13.8 Å². The van der Waals surface area contributed by atoms with Crippen LogP contribution in [-0.2, 0) is 29.2 Å². The first kappa shape index (κ1) is 25.5. The molecule has 0 spiro atoms. The largest absolute Gasteiger partial charge is 0.462 e. The maximum atomic E-state index is 13.9. The summed E-state index contributed by atoms with van der Waals surface area (Å²) >= 11 is 0. The van der Waals surface area contributed by atoms with Crippen molar-refractivity contribution in [3.05, 3.63) is 84.5 Å². The summed E-state index contributed by atoms with van der Waals surface area (Å²) in [5, 5.41) is 0. The van der Waals surface area contributed by atoms with Gasteiger partial charge in [0.2, 0.25) is 0 Å². The zero-order valence-electron chi connectivity index (χ0n) is 18.4. The third-order valence-electron chi connectivity index (χ3n) is 5.08. The Morgan fingerprint density at radius 3 is 1.66 bits per heavy atom. The van der Waals surface area contributed by atoms with E-state index in [0.29, 0.717) is 0 Å². The van der Waals surface area contributed by atoms with Gasteiger partial charge in [0.05, 0.1) is 9.79 Å². The van der Waals surface area contributed by atoms with Gasteiger partial charge in [-0.05, 0) is 44.5 Å². The molecule has 0 radical (unpaired) electrons. The van der Waals surface area contributed by atoms with Crippen LogP contribution >= 0.6 is 0 Å². The summed E-state index contributed by atoms with van der Waals surface area (Å²) in [5.41, 5.74) is 1.70. The number of allylic oxidation sites excluding steroid dienone is 2. The average molecular weight is 477 g/mol. The van der Waals surface area contributed by atoms with Crippen molar-refractivity contribution in [3.8, 4) is 0 Å². The number of rotatable bonds is 10. The standard InChI is InChI=1S/C24H28O6S2/c1-5-16-24(17-6-7-18-30-21(4)25,31(26,27)22-12-8-19(2)9-13-22)32(28,29)23-14-10-20(3)11-15-23/h5-15H,1,16-18H2,2-4H3/b7-6+. The maximum absolute atomic E-state index is 13.9. The Hall–Kier alpha value is -2.71. The van der Waals surface area contributed by atoms with Crippen molar-refractivity contribution in [2.75, 3.05) is 6.61 Å². The van der Waals surface area contributed by atoms with Crippen LogP contribution in [0.2, 0.25) is 0 Å². The number of aryl methyl sites for hydroxylation is 2. The second-order valence-electron chi connectivity index (χ2n) is 7.51. The third kappa shape index (κ3) is 5.19. The van der Waals surface area contributed by atoms with Gasteiger partial charge in [-0.25, -0.2) is 16.8 Å². The first-order chi connectivity index (χ1) is 15.0. The number of carbonyl (C=O) groups excluding carboxylic acids is 1. The van der Waals surface area contributed by atoms with E-state index in [-0.39, 0.29) is 29.2 Å². The molecule has 6 nitrogen and oxygen atoms in total. The smallest absolute Gasteiger partial charge is 0.302 e. The number of hydrogen-bond acceptors (Lipinski definition) is 6. The molecular weight excluding hydrogens is 448 g/mol. The van der Waals surface area contributed by atoms with Gasteiger partial charge in [-0.1, -0.05) is 53.6 Å². The van der Waals surface area contributed by atoms with E-state index in [0.717, 1.165) is 11.1 Å². The molecule has 0 aliphatic rings. The zero-order chi connectivity index (χ0) is 24.0. The highest BCUT2D eigenvalue weighted by atomic mass is 32.3. The quantitative estimate of drug-likeness (QED) is 0.374. The minimum atomic E-state index is -4.38. The van der Waals surface area contributed by atoms with Crippen molar-refractivity contribution in [2.45, 2.75) is 47.5 Å². The van der Waals surface area contributed by atoms with E-state index in [2.05, 4.69) is 6.58 Å². The lowest BCUT2D eigenvalue weighted by atomic mass is 10.2. The lowest BCUT2D eigenvalue weighted by Crippen LogP contribution is -2.45. The van der Waals surface area contributed by atoms with Crippen LogP contribution in [0.25, 0.3) is 0 Å². The highest BCUT2D eigenvalue weighted by molar-refractivity contribution is 8.10. The van der Waals surface area contributed by atoms with Crippen LogP contribution in [0.3, 0.4) is 0 Å². The fourth-order valence-electron chi connectivity index (χ4n) is 3.25. The Balaban J connectivity index is 2.72. The number of carbonyl (C=O) groups is 1. The Labute approximate surface area is 190 Å². The summed E-state index contributed by atoms with van der Waals surface area (Å²) < 4.78 is 58.1. The summed E-state index contributed by atoms with van der Waals surface area (Å²) in [5.74, 6) is -0.494. The van der Waals surface area contributed by atoms with Crippen LogP contribution < -0.4 is 0 Å². The third-order valence-corrected chi connectivity index (χ3v) is 10.8. The molecule has 0 fully saturated rings. The summed E-state index contributed by atoms with van der Waals surface area (Å²) in [6.07, 6.45) is 3.50. The summed E-state index contributed by atoms with van der Waals surface area (Å²) in [7, 11) is -8.76. The van der Waals surface area contributed by atoms with E-state index in [4.69, 9.17) is 4.74 Å². The number of benzene rings is 2. The van der Waals surface area contributed by atoms with Gasteiger partial charge in [0, 0.05) is 13.3 Å². The normalized spacial score (nSPS) is 12.6. The van der Waals surface area contributed by atoms with Crippen LogP contribution in [0.4, 0.5) is 0 Å². The topological polar surface area (TPSA) is 94.6 Å². The molecule has 0 atom stereocenters. The molecule has 0 heterocycles. The molecule has 0 aromatic heterocycles. The van der Waals surface area contributed by atoms with Crippen LogP contribution in [0.15, 0.2) is 83.1 Å². The number of ether oxygens (including phenoxy) is 1. The minimum Gasteiger partial charge on any atom is -0.462 e. The van der Waals surface area contributed by atoms with Gasteiger partial charge in [0.25, 0.3) is 0 Å². The molecule has 8 heteroatoms. The van der Waals surface area contributed by atoms with Crippen molar-refractivity contribution in [1.82, 2.24) is 0 Å². The zero-order valence-corrected chi connectivity index (χ0v) is 20.1. The van der Waals surface area contributed by atoms with Crippen LogP contribution in [0, 0.1) is 13.8 Å². The van der Waals surface area contributed by atoms with Gasteiger partial charge >= 0.3 is 5.97 Å². The second kappa shape index (κ2) is 10.3. The molecule has 2 rings (SSSR count). The fourth-order valence-corrected chi connectivity index (χ4v) is 8.13. The average Bonchev–Trinajstić information content (AvgIpc) is 2.72. The Morgan fingerprint density at radius 1 is 0.844 bits per heavy atom. The monoisotopic (exact) mass is 476 g/mol. The molecule has 0 aliphatic heterocycles. The molecule has 0 unspecified atom stereocenters. The first-order valence-corrected chi connectivity index (χ1v) is 13.0. The Kier molecular flexibility index (Phi) is 8.20. The predicted molar refractivity (Wildman–Crippen MR) is 125 cm³/mol. The molecule has 0 aliphatic carbocycles. The van der Waals surface area contributed by atoms with Crippen LogP contribution in [-0.4, -0.2) is 33.5 Å². The first-order valence-electron chi connectivity index (χ1n) is 10.00. The molecule has 0 N–H and O–H groups in total. The van der Waals surface area contributed by atoms with Gasteiger partial charge in [0.1, 0.15) is 6.61 Å². The molecule has 172 valence electrons. The van der Waals surface area contributed by atoms with Crippen LogP contribution in [0.5, 0.6) is 0 Å². The number of hydrogen-bond donors (Lipinski definition) is 0. The van der Waals surface area contributed by atoms with E-state index >= 15 is 0 Å². The molecule has 2 aromatic rings. The predicted octanol–water partition coefficient (Wildman–Crippen LogP) is 4.33. The van der Waals surface area contributed by atoms with E-state index in [1.54, 1.807) is 24.3 Å². The molecule has 0 saturated carbocycles. The second-order valence-corrected chi connectivity index (χ2v) is 12.3. The Morgan fingerprint density at radius 2 is 1.28 bits per heavy atom. The highest BCUT2D eigenvalue weighted by Crippen LogP contribution is 2.42. The number of sulfone groups is 2. The lowest BCUT2D eigenvalue weighted by Gasteiger charge is -2.31. The van der Waals surface area contributed by atoms with Crippen molar-refractivity contribution in [3.63, 3.8) is 0 Å². The molecular formula is C24H28O6S2. The minimum absolute atomic E-state index is 0.0886. The SMILES string of the molecule is C=CCC(C/C=C/COC(C)=O)(S(=O)(=O)c1ccc(C)cc1)S(=O)(=O)c1ccc(C)cc1. The molecule has 0 saturated heterocycles. The van der Waals surface area contributed by atoms with E-state index < -0.39 is 29.7 Å². The molecule has 0 amide bonds. The Bertz CT molecular complexity index is 1110. The molecule has 32 heavy (non-hydrogen) atoms. The summed E-state index contributed by atoms with van der Waals surface area (Å²) in [6, 6.07) is 12.2. The van der Waals surface area contributed by atoms with Gasteiger partial charge in [-0.2, -0.15) is 0 Å². The maximum Gasteiger partial charge on any atom is 0.302 e. The van der Waals surface area contributed by atoms with Crippen molar-refractivity contribution >= 4 is 25.6 Å². The summed E-state index contributed by atoms with van der Waals surface area (Å²) in [6.45, 7) is 8.42. The van der Waals surface area contributed by atoms with Crippen molar-refractivity contribution in [2.24, 2.45) is 0 Å². The summed E-state index contributed by atoms with van der Waals surface area (Å²) in [4.78, 5) is 10.8. The van der Waals surface area contributed by atoms with Gasteiger partial charge < -0.3 is 4.74 Å². The highest BCUT2D eigenvalue weighted by Gasteiger charge is 2.54. The van der Waals surface area contributed by atoms with Gasteiger partial charge in [-0.3, -0.25) is 4.79 Å². The van der Waals surface area contributed by atoms with Crippen molar-refractivity contribution in [1.29, 1.82) is 0 Å². The van der Waals surface area contributed by atoms with E-state index in [1.165, 1.54) is 49.4 Å². The fraction of sp³-hybridized carbons (Fsp3) is 0.292. The van der Waals surface area contributed by atoms with Gasteiger partial charge in [-0.15, -0.1) is 6.58 Å².